The van der Waals surface area contributed by atoms with Crippen molar-refractivity contribution in [2.24, 2.45) is 5.10 Å². The summed E-state index contributed by atoms with van der Waals surface area (Å²) >= 11 is 3.27. The number of halogens is 1. The number of thiophene rings is 1. The lowest BCUT2D eigenvalue weighted by Crippen LogP contribution is -2.18. The molecule has 0 saturated heterocycles. The fourth-order valence-corrected chi connectivity index (χ4v) is 5.63. The number of aromatic nitrogens is 1. The quantitative estimate of drug-likeness (QED) is 0.280. The molecule has 1 aliphatic rings. The van der Waals surface area contributed by atoms with Crippen LogP contribution in [0.25, 0.3) is 22.0 Å². The minimum atomic E-state index is -0.231. The van der Waals surface area contributed by atoms with Gasteiger partial charge in [0.05, 0.1) is 22.3 Å². The van der Waals surface area contributed by atoms with E-state index in [0.717, 1.165) is 39.0 Å². The van der Waals surface area contributed by atoms with E-state index in [1.165, 1.54) is 22.9 Å². The van der Waals surface area contributed by atoms with Crippen molar-refractivity contribution in [3.05, 3.63) is 106 Å². The molecule has 0 N–H and O–H groups in total. The second-order valence-corrected chi connectivity index (χ2v) is 9.50. The van der Waals surface area contributed by atoms with E-state index in [9.17, 15) is 4.39 Å². The predicted octanol–water partition coefficient (Wildman–Crippen LogP) is 7.52. The first kappa shape index (κ1) is 19.3. The number of hydrogen-bond donors (Lipinski definition) is 0. The Hall–Kier alpha value is -3.35. The van der Waals surface area contributed by atoms with Gasteiger partial charge in [-0.25, -0.2) is 14.4 Å². The summed E-state index contributed by atoms with van der Waals surface area (Å²) in [5.74, 6) is -0.231. The zero-order valence-electron chi connectivity index (χ0n) is 17.0. The van der Waals surface area contributed by atoms with E-state index < -0.39 is 0 Å². The van der Waals surface area contributed by atoms with E-state index in [0.29, 0.717) is 0 Å². The predicted molar refractivity (Wildman–Crippen MR) is 132 cm³/mol. The highest BCUT2D eigenvalue weighted by Crippen LogP contribution is 2.40. The average Bonchev–Trinajstić information content (AvgIpc) is 3.59. The summed E-state index contributed by atoms with van der Waals surface area (Å²) in [5, 5.41) is 14.4. The van der Waals surface area contributed by atoms with Gasteiger partial charge < -0.3 is 0 Å². The fraction of sp³-hybridized carbons (Fsp3) is 0.0769. The van der Waals surface area contributed by atoms with Crippen molar-refractivity contribution in [1.29, 1.82) is 0 Å². The van der Waals surface area contributed by atoms with Crippen LogP contribution in [0.2, 0.25) is 0 Å². The van der Waals surface area contributed by atoms with Gasteiger partial charge in [0.2, 0.25) is 5.13 Å². The molecule has 0 saturated carbocycles. The van der Waals surface area contributed by atoms with Gasteiger partial charge in [0.15, 0.2) is 0 Å². The summed E-state index contributed by atoms with van der Waals surface area (Å²) in [4.78, 5) is 6.10. The molecule has 5 aromatic rings. The number of nitrogens with zero attached hydrogens (tertiary/aromatic N) is 3. The van der Waals surface area contributed by atoms with Crippen molar-refractivity contribution in [3.63, 3.8) is 0 Å². The van der Waals surface area contributed by atoms with Crippen LogP contribution < -0.4 is 5.01 Å². The van der Waals surface area contributed by atoms with Crippen LogP contribution in [0.5, 0.6) is 0 Å². The summed E-state index contributed by atoms with van der Waals surface area (Å²) < 4.78 is 13.5. The molecule has 3 heterocycles. The van der Waals surface area contributed by atoms with Crippen LogP contribution in [0.15, 0.2) is 94.7 Å². The third kappa shape index (κ3) is 3.51. The first-order chi connectivity index (χ1) is 15.7. The van der Waals surface area contributed by atoms with Gasteiger partial charge >= 0.3 is 0 Å². The van der Waals surface area contributed by atoms with Crippen LogP contribution in [0.1, 0.15) is 22.9 Å². The molecule has 0 fully saturated rings. The van der Waals surface area contributed by atoms with E-state index in [1.807, 2.05) is 23.2 Å². The third-order valence-corrected chi connectivity index (χ3v) is 7.45. The molecule has 0 unspecified atom stereocenters. The van der Waals surface area contributed by atoms with E-state index in [2.05, 4.69) is 59.3 Å². The Morgan fingerprint density at radius 1 is 0.875 bits per heavy atom. The molecule has 0 spiro atoms. The van der Waals surface area contributed by atoms with Gasteiger partial charge in [-0.3, -0.25) is 0 Å². The lowest BCUT2D eigenvalue weighted by Gasteiger charge is -2.21. The van der Waals surface area contributed by atoms with Crippen molar-refractivity contribution >= 4 is 44.3 Å². The maximum absolute atomic E-state index is 13.5. The van der Waals surface area contributed by atoms with Crippen molar-refractivity contribution in [3.8, 4) is 11.3 Å². The number of anilines is 1. The second-order valence-electron chi connectivity index (χ2n) is 7.72. The maximum Gasteiger partial charge on any atom is 0.207 e. The minimum Gasteiger partial charge on any atom is -0.231 e. The summed E-state index contributed by atoms with van der Waals surface area (Å²) in [6.45, 7) is 0. The Morgan fingerprint density at radius 2 is 1.72 bits per heavy atom. The zero-order valence-corrected chi connectivity index (χ0v) is 18.6. The van der Waals surface area contributed by atoms with Gasteiger partial charge in [0, 0.05) is 17.4 Å². The van der Waals surface area contributed by atoms with Gasteiger partial charge in [-0.2, -0.15) is 5.10 Å². The Morgan fingerprint density at radius 3 is 2.53 bits per heavy atom. The molecule has 1 aliphatic heterocycles. The molecule has 0 amide bonds. The number of fused-ring (bicyclic) bond motifs is 1. The number of hydrazone groups is 1. The van der Waals surface area contributed by atoms with Crippen molar-refractivity contribution in [2.75, 3.05) is 5.01 Å². The highest BCUT2D eigenvalue weighted by atomic mass is 32.1. The third-order valence-electron chi connectivity index (χ3n) is 5.70. The molecule has 0 bridgehead atoms. The van der Waals surface area contributed by atoms with Gasteiger partial charge in [0.25, 0.3) is 0 Å². The first-order valence-electron chi connectivity index (χ1n) is 10.4. The number of hydrogen-bond acceptors (Lipinski definition) is 5. The molecule has 0 aliphatic carbocycles. The molecule has 0 radical (unpaired) electrons. The minimum absolute atomic E-state index is 0.0108. The summed E-state index contributed by atoms with van der Waals surface area (Å²) in [6, 6.07) is 25.6. The highest BCUT2D eigenvalue weighted by molar-refractivity contribution is 7.14. The van der Waals surface area contributed by atoms with Crippen LogP contribution in [0.4, 0.5) is 9.52 Å². The molecule has 6 rings (SSSR count). The molecule has 32 heavy (non-hydrogen) atoms. The maximum atomic E-state index is 13.5. The summed E-state index contributed by atoms with van der Waals surface area (Å²) in [7, 11) is 0. The van der Waals surface area contributed by atoms with Gasteiger partial charge in [-0.15, -0.1) is 22.7 Å². The van der Waals surface area contributed by atoms with Gasteiger partial charge in [0.1, 0.15) is 5.82 Å². The summed E-state index contributed by atoms with van der Waals surface area (Å²) in [6.07, 6.45) is 0.761. The van der Waals surface area contributed by atoms with Crippen LogP contribution in [-0.4, -0.2) is 10.7 Å². The Bertz CT molecular complexity index is 1420. The average molecular weight is 456 g/mol. The van der Waals surface area contributed by atoms with Crippen molar-refractivity contribution in [1.82, 2.24) is 4.98 Å². The van der Waals surface area contributed by atoms with Gasteiger partial charge in [-0.1, -0.05) is 54.6 Å². The standard InChI is InChI=1S/C26H18FN3S2/c27-21-11-9-18(10-12-21)24-15-22(25-6-3-13-31-25)29-30(24)26-28-23(16-32-26)20-8-7-17-4-1-2-5-19(17)14-20/h1-14,16,24H,15H2/t24-/m0/s1. The Balaban J connectivity index is 1.38. The zero-order chi connectivity index (χ0) is 21.5. The molecular formula is C26H18FN3S2. The molecule has 3 nitrogen and oxygen atoms in total. The van der Waals surface area contributed by atoms with Crippen molar-refractivity contribution in [2.45, 2.75) is 12.5 Å². The lowest BCUT2D eigenvalue weighted by atomic mass is 10.0. The molecule has 156 valence electrons. The molecule has 3 aromatic carbocycles. The van der Waals surface area contributed by atoms with Gasteiger partial charge in [-0.05, 0) is 46.0 Å². The molecule has 2 aromatic heterocycles. The van der Waals surface area contributed by atoms with Crippen LogP contribution >= 0.6 is 22.7 Å². The van der Waals surface area contributed by atoms with E-state index in [4.69, 9.17) is 10.1 Å². The largest absolute Gasteiger partial charge is 0.231 e. The van der Waals surface area contributed by atoms with E-state index in [-0.39, 0.29) is 11.9 Å². The fourth-order valence-electron chi connectivity index (χ4n) is 4.07. The molecule has 1 atom stereocenters. The lowest BCUT2D eigenvalue weighted by molar-refractivity contribution is 0.624. The SMILES string of the molecule is Fc1ccc([C@@H]2CC(c3cccs3)=NN2c2nc(-c3ccc4ccccc4c3)cs2)cc1. The monoisotopic (exact) mass is 455 g/mol. The Kier molecular flexibility index (Phi) is 4.82. The van der Waals surface area contributed by atoms with E-state index in [1.54, 1.807) is 22.7 Å². The first-order valence-corrected chi connectivity index (χ1v) is 12.1. The van der Waals surface area contributed by atoms with Crippen LogP contribution in [0.3, 0.4) is 0 Å². The van der Waals surface area contributed by atoms with E-state index >= 15 is 0 Å². The topological polar surface area (TPSA) is 28.5 Å². The number of rotatable bonds is 4. The Labute approximate surface area is 193 Å². The molecular weight excluding hydrogens is 437 g/mol. The second kappa shape index (κ2) is 7.97. The van der Waals surface area contributed by atoms with Crippen LogP contribution in [-0.2, 0) is 0 Å². The number of thiazole rings is 1. The normalized spacial score (nSPS) is 16.0. The van der Waals surface area contributed by atoms with Crippen molar-refractivity contribution < 1.29 is 4.39 Å². The smallest absolute Gasteiger partial charge is 0.207 e. The summed E-state index contributed by atoms with van der Waals surface area (Å²) in [5.41, 5.74) is 4.10. The number of benzene rings is 3. The highest BCUT2D eigenvalue weighted by Gasteiger charge is 2.32. The van der Waals surface area contributed by atoms with Crippen LogP contribution in [0, 0.1) is 5.82 Å². The molecule has 6 heteroatoms.